The minimum Gasteiger partial charge on any atom is -0.384 e. The molecule has 0 aromatic heterocycles. The van der Waals surface area contributed by atoms with E-state index in [1.165, 1.54) is 25.0 Å². The van der Waals surface area contributed by atoms with E-state index < -0.39 is 5.60 Å². The minimum absolute atomic E-state index is 0.304. The quantitative estimate of drug-likeness (QED) is 0.892. The van der Waals surface area contributed by atoms with E-state index in [2.05, 4.69) is 21.2 Å². The molecule has 0 spiro atoms. The first-order chi connectivity index (χ1) is 7.49. The van der Waals surface area contributed by atoms with Gasteiger partial charge in [0.05, 0.1) is 0 Å². The van der Waals surface area contributed by atoms with E-state index in [0.29, 0.717) is 22.6 Å². The van der Waals surface area contributed by atoms with Crippen LogP contribution in [-0.2, 0) is 5.60 Å². The molecule has 1 fully saturated rings. The zero-order valence-corrected chi connectivity index (χ0v) is 10.7. The van der Waals surface area contributed by atoms with Gasteiger partial charge in [0, 0.05) is 17.1 Å². The van der Waals surface area contributed by atoms with Crippen molar-refractivity contribution in [1.82, 2.24) is 5.32 Å². The topological polar surface area (TPSA) is 32.3 Å². The summed E-state index contributed by atoms with van der Waals surface area (Å²) < 4.78 is 13.5. The molecule has 1 saturated carbocycles. The SMILES string of the molecule is CC(O)(CNC1CC1)c1ccc(F)cc1Br. The zero-order chi connectivity index (χ0) is 11.8. The minimum atomic E-state index is -0.977. The van der Waals surface area contributed by atoms with E-state index in [1.807, 2.05) is 0 Å². The van der Waals surface area contributed by atoms with Crippen LogP contribution in [0.25, 0.3) is 0 Å². The molecule has 0 heterocycles. The second kappa shape index (κ2) is 4.43. The van der Waals surface area contributed by atoms with Crippen LogP contribution in [-0.4, -0.2) is 17.7 Å². The second-order valence-electron chi connectivity index (χ2n) is 4.55. The summed E-state index contributed by atoms with van der Waals surface area (Å²) >= 11 is 3.28. The smallest absolute Gasteiger partial charge is 0.124 e. The molecule has 1 unspecified atom stereocenters. The number of benzene rings is 1. The van der Waals surface area contributed by atoms with E-state index in [0.717, 1.165) is 0 Å². The Morgan fingerprint density at radius 1 is 1.56 bits per heavy atom. The lowest BCUT2D eigenvalue weighted by Gasteiger charge is -2.25. The van der Waals surface area contributed by atoms with E-state index in [-0.39, 0.29) is 5.82 Å². The molecule has 16 heavy (non-hydrogen) atoms. The summed E-state index contributed by atoms with van der Waals surface area (Å²) in [4.78, 5) is 0. The first-order valence-electron chi connectivity index (χ1n) is 5.40. The maximum absolute atomic E-state index is 12.9. The van der Waals surface area contributed by atoms with Gasteiger partial charge in [-0.3, -0.25) is 0 Å². The van der Waals surface area contributed by atoms with Gasteiger partial charge in [0.1, 0.15) is 11.4 Å². The summed E-state index contributed by atoms with van der Waals surface area (Å²) in [6.45, 7) is 2.22. The van der Waals surface area contributed by atoms with Gasteiger partial charge in [0.2, 0.25) is 0 Å². The van der Waals surface area contributed by atoms with Gasteiger partial charge in [-0.1, -0.05) is 22.0 Å². The Labute approximate surface area is 103 Å². The molecule has 0 aliphatic heterocycles. The highest BCUT2D eigenvalue weighted by molar-refractivity contribution is 9.10. The lowest BCUT2D eigenvalue weighted by molar-refractivity contribution is 0.0558. The van der Waals surface area contributed by atoms with Crippen LogP contribution in [0.5, 0.6) is 0 Å². The predicted octanol–water partition coefficient (Wildman–Crippen LogP) is 2.55. The van der Waals surface area contributed by atoms with Crippen molar-refractivity contribution in [2.75, 3.05) is 6.54 Å². The van der Waals surface area contributed by atoms with Crippen LogP contribution < -0.4 is 5.32 Å². The molecule has 1 aromatic carbocycles. The van der Waals surface area contributed by atoms with Crippen molar-refractivity contribution in [2.24, 2.45) is 0 Å². The average molecular weight is 288 g/mol. The van der Waals surface area contributed by atoms with Crippen LogP contribution in [0.15, 0.2) is 22.7 Å². The summed E-state index contributed by atoms with van der Waals surface area (Å²) in [6.07, 6.45) is 2.36. The summed E-state index contributed by atoms with van der Waals surface area (Å²) in [7, 11) is 0. The van der Waals surface area contributed by atoms with Crippen LogP contribution in [0.3, 0.4) is 0 Å². The fraction of sp³-hybridized carbons (Fsp3) is 0.500. The normalized spacial score (nSPS) is 19.5. The van der Waals surface area contributed by atoms with Gasteiger partial charge in [-0.05, 0) is 37.5 Å². The van der Waals surface area contributed by atoms with Crippen molar-refractivity contribution in [3.63, 3.8) is 0 Å². The number of aliphatic hydroxyl groups is 1. The van der Waals surface area contributed by atoms with E-state index >= 15 is 0 Å². The van der Waals surface area contributed by atoms with Crippen molar-refractivity contribution in [3.8, 4) is 0 Å². The maximum Gasteiger partial charge on any atom is 0.124 e. The first kappa shape index (κ1) is 12.0. The highest BCUT2D eigenvalue weighted by atomic mass is 79.9. The van der Waals surface area contributed by atoms with Crippen LogP contribution in [0, 0.1) is 5.82 Å². The Bertz CT molecular complexity index is 391. The lowest BCUT2D eigenvalue weighted by atomic mass is 9.96. The highest BCUT2D eigenvalue weighted by Crippen LogP contribution is 2.29. The Morgan fingerprint density at radius 3 is 2.81 bits per heavy atom. The van der Waals surface area contributed by atoms with Gasteiger partial charge in [0.25, 0.3) is 0 Å². The summed E-state index contributed by atoms with van der Waals surface area (Å²) in [6, 6.07) is 4.91. The van der Waals surface area contributed by atoms with E-state index in [1.54, 1.807) is 13.0 Å². The summed E-state index contributed by atoms with van der Waals surface area (Å²) in [5.74, 6) is -0.304. The Balaban J connectivity index is 2.12. The van der Waals surface area contributed by atoms with Crippen molar-refractivity contribution in [2.45, 2.75) is 31.4 Å². The third-order valence-corrected chi connectivity index (χ3v) is 3.48. The molecule has 0 bridgehead atoms. The number of halogens is 2. The fourth-order valence-electron chi connectivity index (χ4n) is 1.65. The molecule has 1 aliphatic carbocycles. The molecule has 1 aromatic rings. The highest BCUT2D eigenvalue weighted by Gasteiger charge is 2.29. The molecule has 0 radical (unpaired) electrons. The van der Waals surface area contributed by atoms with Gasteiger partial charge < -0.3 is 10.4 Å². The van der Waals surface area contributed by atoms with Crippen LogP contribution >= 0.6 is 15.9 Å². The van der Waals surface area contributed by atoms with E-state index in [4.69, 9.17) is 0 Å². The number of nitrogens with one attached hydrogen (secondary N) is 1. The van der Waals surface area contributed by atoms with Gasteiger partial charge >= 0.3 is 0 Å². The molecule has 2 nitrogen and oxygen atoms in total. The largest absolute Gasteiger partial charge is 0.384 e. The van der Waals surface area contributed by atoms with Gasteiger partial charge in [-0.2, -0.15) is 0 Å². The number of rotatable bonds is 4. The van der Waals surface area contributed by atoms with Gasteiger partial charge in [0.15, 0.2) is 0 Å². The third kappa shape index (κ3) is 2.81. The van der Waals surface area contributed by atoms with Gasteiger partial charge in [-0.25, -0.2) is 4.39 Å². The van der Waals surface area contributed by atoms with Crippen LogP contribution in [0.1, 0.15) is 25.3 Å². The number of hydrogen-bond acceptors (Lipinski definition) is 2. The standard InChI is InChI=1S/C12H15BrFNO/c1-12(16,7-15-9-3-4-9)10-5-2-8(14)6-11(10)13/h2,5-6,9,15-16H,3-4,7H2,1H3. The first-order valence-corrected chi connectivity index (χ1v) is 6.19. The summed E-state index contributed by atoms with van der Waals surface area (Å²) in [5.41, 5.74) is -0.267. The Hall–Kier alpha value is -0.450. The van der Waals surface area contributed by atoms with Crippen molar-refractivity contribution >= 4 is 15.9 Å². The third-order valence-electron chi connectivity index (χ3n) is 2.82. The van der Waals surface area contributed by atoms with E-state index in [9.17, 15) is 9.50 Å². The molecule has 2 rings (SSSR count). The fourth-order valence-corrected chi connectivity index (χ4v) is 2.43. The van der Waals surface area contributed by atoms with Crippen molar-refractivity contribution in [1.29, 1.82) is 0 Å². The molecule has 2 N–H and O–H groups in total. The Morgan fingerprint density at radius 2 is 2.25 bits per heavy atom. The molecule has 0 saturated heterocycles. The van der Waals surface area contributed by atoms with Crippen LogP contribution in [0.2, 0.25) is 0 Å². The predicted molar refractivity (Wildman–Crippen MR) is 64.7 cm³/mol. The average Bonchev–Trinajstić information content (AvgIpc) is 2.97. The lowest BCUT2D eigenvalue weighted by Crippen LogP contribution is -2.36. The van der Waals surface area contributed by atoms with Crippen molar-refractivity contribution in [3.05, 3.63) is 34.1 Å². The van der Waals surface area contributed by atoms with Crippen molar-refractivity contribution < 1.29 is 9.50 Å². The molecule has 1 aliphatic rings. The molecular formula is C12H15BrFNO. The second-order valence-corrected chi connectivity index (χ2v) is 5.41. The molecule has 1 atom stereocenters. The Kier molecular flexibility index (Phi) is 3.33. The monoisotopic (exact) mass is 287 g/mol. The maximum atomic E-state index is 12.9. The van der Waals surface area contributed by atoms with Crippen LogP contribution in [0.4, 0.5) is 4.39 Å². The van der Waals surface area contributed by atoms with Gasteiger partial charge in [-0.15, -0.1) is 0 Å². The molecular weight excluding hydrogens is 273 g/mol. The number of hydrogen-bond donors (Lipinski definition) is 2. The zero-order valence-electron chi connectivity index (χ0n) is 9.13. The summed E-state index contributed by atoms with van der Waals surface area (Å²) in [5, 5.41) is 13.6. The molecule has 88 valence electrons. The molecule has 0 amide bonds. The molecule has 4 heteroatoms.